The summed E-state index contributed by atoms with van der Waals surface area (Å²) in [6.45, 7) is 3.27. The summed E-state index contributed by atoms with van der Waals surface area (Å²) in [7, 11) is 0. The predicted octanol–water partition coefficient (Wildman–Crippen LogP) is 3.40. The van der Waals surface area contributed by atoms with Crippen molar-refractivity contribution in [2.45, 2.75) is 19.1 Å². The molecule has 33 heavy (non-hydrogen) atoms. The number of carbonyl (C=O) groups is 2. The maximum atomic E-state index is 12.9. The summed E-state index contributed by atoms with van der Waals surface area (Å²) in [4.78, 5) is 32.1. The molecule has 3 heterocycles. The van der Waals surface area contributed by atoms with E-state index in [9.17, 15) is 22.8 Å². The van der Waals surface area contributed by atoms with Gasteiger partial charge in [0, 0.05) is 29.1 Å². The van der Waals surface area contributed by atoms with Gasteiger partial charge in [0.05, 0.1) is 24.1 Å². The standard InChI is InChI=1S/C21H19F3N4O4S/c1-12-2-7-16(33-12)19(30)28-8-9-31-11-15(28)10-25-18(29)14-5-3-13(4-6-14)17-26-20(32-27-17)21(22,23)24/h2-7,15H,8-11H2,1H3,(H,25,29)/t15-/m0/s1. The highest BCUT2D eigenvalue weighted by Gasteiger charge is 2.38. The van der Waals surface area contributed by atoms with Crippen molar-refractivity contribution in [1.29, 1.82) is 0 Å². The SMILES string of the molecule is Cc1ccc(C(=O)N2CCOC[C@@H]2CNC(=O)c2ccc(-c3noc(C(F)(F)F)n3)cc2)s1. The van der Waals surface area contributed by atoms with Crippen LogP contribution in [0.2, 0.25) is 0 Å². The van der Waals surface area contributed by atoms with Crippen LogP contribution < -0.4 is 5.32 Å². The molecule has 0 unspecified atom stereocenters. The number of carbonyl (C=O) groups excluding carboxylic acids is 2. The van der Waals surface area contributed by atoms with Gasteiger partial charge < -0.3 is 19.5 Å². The average molecular weight is 480 g/mol. The van der Waals surface area contributed by atoms with E-state index in [4.69, 9.17) is 4.74 Å². The quantitative estimate of drug-likeness (QED) is 0.601. The molecule has 0 radical (unpaired) electrons. The lowest BCUT2D eigenvalue weighted by molar-refractivity contribution is -0.159. The molecule has 2 amide bonds. The molecule has 174 valence electrons. The van der Waals surface area contributed by atoms with Crippen LogP contribution in [0, 0.1) is 6.92 Å². The zero-order chi connectivity index (χ0) is 23.6. The van der Waals surface area contributed by atoms with Crippen molar-refractivity contribution in [3.8, 4) is 11.4 Å². The van der Waals surface area contributed by atoms with Gasteiger partial charge in [-0.1, -0.05) is 17.3 Å². The van der Waals surface area contributed by atoms with Crippen molar-refractivity contribution in [2.75, 3.05) is 26.3 Å². The molecule has 1 N–H and O–H groups in total. The maximum Gasteiger partial charge on any atom is 0.471 e. The van der Waals surface area contributed by atoms with Crippen molar-refractivity contribution in [2.24, 2.45) is 0 Å². The highest BCUT2D eigenvalue weighted by molar-refractivity contribution is 7.13. The maximum absolute atomic E-state index is 12.9. The molecule has 3 aromatic rings. The number of nitrogens with one attached hydrogen (secondary N) is 1. The van der Waals surface area contributed by atoms with Gasteiger partial charge in [-0.2, -0.15) is 18.2 Å². The first-order valence-corrected chi connectivity index (χ1v) is 10.8. The molecule has 2 aromatic heterocycles. The number of thiophene rings is 1. The molecule has 12 heteroatoms. The van der Waals surface area contributed by atoms with Gasteiger partial charge in [0.1, 0.15) is 0 Å². The summed E-state index contributed by atoms with van der Waals surface area (Å²) in [6, 6.07) is 9.11. The van der Waals surface area contributed by atoms with Crippen LogP contribution >= 0.6 is 11.3 Å². The molecule has 1 aliphatic rings. The zero-order valence-electron chi connectivity index (χ0n) is 17.4. The molecule has 1 atom stereocenters. The number of halogens is 3. The van der Waals surface area contributed by atoms with Crippen molar-refractivity contribution in [3.63, 3.8) is 0 Å². The van der Waals surface area contributed by atoms with Crippen LogP contribution in [0.5, 0.6) is 0 Å². The van der Waals surface area contributed by atoms with Gasteiger partial charge in [-0.25, -0.2) is 0 Å². The van der Waals surface area contributed by atoms with Crippen molar-refractivity contribution < 1.29 is 32.0 Å². The van der Waals surface area contributed by atoms with Gasteiger partial charge in [0.25, 0.3) is 11.8 Å². The fourth-order valence-electron chi connectivity index (χ4n) is 3.32. The topological polar surface area (TPSA) is 97.6 Å². The van der Waals surface area contributed by atoms with E-state index in [1.165, 1.54) is 35.6 Å². The number of ether oxygens (including phenoxy) is 1. The molecule has 0 bridgehead atoms. The van der Waals surface area contributed by atoms with E-state index in [1.54, 1.807) is 11.0 Å². The lowest BCUT2D eigenvalue weighted by Gasteiger charge is -2.35. The fraction of sp³-hybridized carbons (Fsp3) is 0.333. The van der Waals surface area contributed by atoms with Crippen molar-refractivity contribution >= 4 is 23.2 Å². The molecule has 1 fully saturated rings. The Morgan fingerprint density at radius 1 is 1.21 bits per heavy atom. The van der Waals surface area contributed by atoms with Gasteiger partial charge >= 0.3 is 12.1 Å². The first-order valence-electron chi connectivity index (χ1n) is 9.97. The van der Waals surface area contributed by atoms with Crippen molar-refractivity contribution in [1.82, 2.24) is 20.4 Å². The summed E-state index contributed by atoms with van der Waals surface area (Å²) in [5.74, 6) is -2.16. The van der Waals surface area contributed by atoms with Gasteiger partial charge in [0.2, 0.25) is 5.82 Å². The Balaban J connectivity index is 1.38. The smallest absolute Gasteiger partial charge is 0.377 e. The predicted molar refractivity (Wildman–Crippen MR) is 112 cm³/mol. The summed E-state index contributed by atoms with van der Waals surface area (Å²) in [5, 5.41) is 6.10. The molecule has 0 spiro atoms. The van der Waals surface area contributed by atoms with Crippen LogP contribution in [-0.4, -0.2) is 59.2 Å². The molecule has 8 nitrogen and oxygen atoms in total. The van der Waals surface area contributed by atoms with E-state index in [-0.39, 0.29) is 29.9 Å². The summed E-state index contributed by atoms with van der Waals surface area (Å²) in [5.41, 5.74) is 0.566. The second-order valence-electron chi connectivity index (χ2n) is 7.35. The van der Waals surface area contributed by atoms with Crippen molar-refractivity contribution in [3.05, 3.63) is 57.6 Å². The van der Waals surface area contributed by atoms with E-state index >= 15 is 0 Å². The Kier molecular flexibility index (Phi) is 6.47. The number of rotatable bonds is 5. The second kappa shape index (κ2) is 9.32. The van der Waals surface area contributed by atoms with Gasteiger partial charge in [-0.15, -0.1) is 11.3 Å². The normalized spacial score (nSPS) is 16.6. The van der Waals surface area contributed by atoms with E-state index in [0.717, 1.165) is 4.88 Å². The largest absolute Gasteiger partial charge is 0.471 e. The summed E-state index contributed by atoms with van der Waals surface area (Å²) >= 11 is 1.42. The highest BCUT2D eigenvalue weighted by atomic mass is 32.1. The number of benzene rings is 1. The number of hydrogen-bond acceptors (Lipinski definition) is 7. The average Bonchev–Trinajstić information content (AvgIpc) is 3.47. The molecule has 0 aliphatic carbocycles. The molecule has 4 rings (SSSR count). The van der Waals surface area contributed by atoms with Gasteiger partial charge in [0.15, 0.2) is 0 Å². The number of morpholine rings is 1. The molecular weight excluding hydrogens is 461 g/mol. The van der Waals surface area contributed by atoms with Crippen LogP contribution in [-0.2, 0) is 10.9 Å². The molecule has 1 saturated heterocycles. The Hall–Kier alpha value is -3.25. The van der Waals surface area contributed by atoms with E-state index in [1.807, 2.05) is 13.0 Å². The number of aromatic nitrogens is 2. The second-order valence-corrected chi connectivity index (χ2v) is 8.63. The Bertz CT molecular complexity index is 1140. The van der Waals surface area contributed by atoms with Crippen LogP contribution in [0.3, 0.4) is 0 Å². The number of alkyl halides is 3. The third-order valence-corrected chi connectivity index (χ3v) is 6.00. The summed E-state index contributed by atoms with van der Waals surface area (Å²) < 4.78 is 47.6. The minimum Gasteiger partial charge on any atom is -0.377 e. The minimum atomic E-state index is -4.73. The minimum absolute atomic E-state index is 0.0988. The van der Waals surface area contributed by atoms with Crippen LogP contribution in [0.1, 0.15) is 30.8 Å². The molecule has 1 aromatic carbocycles. The molecule has 1 aliphatic heterocycles. The Labute approximate surface area is 190 Å². The zero-order valence-corrected chi connectivity index (χ0v) is 18.2. The Morgan fingerprint density at radius 2 is 1.97 bits per heavy atom. The van der Waals surface area contributed by atoms with Gasteiger partial charge in [-0.05, 0) is 31.2 Å². The van der Waals surface area contributed by atoms with Crippen LogP contribution in [0.25, 0.3) is 11.4 Å². The summed E-state index contributed by atoms with van der Waals surface area (Å²) in [6.07, 6.45) is -4.73. The number of hydrogen-bond donors (Lipinski definition) is 1. The van der Waals surface area contributed by atoms with Crippen LogP contribution in [0.15, 0.2) is 40.9 Å². The Morgan fingerprint density at radius 3 is 2.61 bits per heavy atom. The lowest BCUT2D eigenvalue weighted by atomic mass is 10.1. The first-order chi connectivity index (χ1) is 15.7. The van der Waals surface area contributed by atoms with Crippen LogP contribution in [0.4, 0.5) is 13.2 Å². The number of nitrogens with zero attached hydrogens (tertiary/aromatic N) is 3. The third kappa shape index (κ3) is 5.22. The fourth-order valence-corrected chi connectivity index (χ4v) is 4.15. The highest BCUT2D eigenvalue weighted by Crippen LogP contribution is 2.29. The monoisotopic (exact) mass is 480 g/mol. The lowest BCUT2D eigenvalue weighted by Crippen LogP contribution is -2.53. The van der Waals surface area contributed by atoms with Gasteiger partial charge in [-0.3, -0.25) is 9.59 Å². The van der Waals surface area contributed by atoms with E-state index < -0.39 is 18.0 Å². The van der Waals surface area contributed by atoms with E-state index in [0.29, 0.717) is 30.2 Å². The van der Waals surface area contributed by atoms with E-state index in [2.05, 4.69) is 20.0 Å². The third-order valence-electron chi connectivity index (χ3n) is 5.01. The molecule has 0 saturated carbocycles. The number of aryl methyl sites for hydroxylation is 1. The molecular formula is C21H19F3N4O4S. The number of amides is 2. The first kappa shape index (κ1) is 22.9.